The van der Waals surface area contributed by atoms with E-state index in [2.05, 4.69) is 0 Å². The smallest absolute Gasteiger partial charge is 0.799 e. The van der Waals surface area contributed by atoms with Crippen LogP contribution in [0.2, 0.25) is 0 Å². The van der Waals surface area contributed by atoms with Gasteiger partial charge in [-0.15, -0.1) is 0 Å². The van der Waals surface area contributed by atoms with E-state index in [0.29, 0.717) is 12.3 Å². The Morgan fingerprint density at radius 2 is 0.800 bits per heavy atom. The van der Waals surface area contributed by atoms with Crippen molar-refractivity contribution in [2.75, 3.05) is 38.0 Å². The van der Waals surface area contributed by atoms with Gasteiger partial charge >= 0.3 is 17.4 Å². The Labute approximate surface area is 133 Å². The van der Waals surface area contributed by atoms with Gasteiger partial charge in [0.1, 0.15) is 0 Å². The van der Waals surface area contributed by atoms with E-state index in [-0.39, 0.29) is 29.7 Å². The summed E-state index contributed by atoms with van der Waals surface area (Å²) in [6, 6.07) is 0. The number of rotatable bonds is 4. The predicted molar refractivity (Wildman–Crippen MR) is 82.6 cm³/mol. The fourth-order valence-corrected chi connectivity index (χ4v) is 0.671. The normalized spacial score (nSPS) is 16.1. The quantitative estimate of drug-likeness (QED) is 0.540. The molecule has 0 aromatic carbocycles. The summed E-state index contributed by atoms with van der Waals surface area (Å²) in [5.41, 5.74) is 0. The summed E-state index contributed by atoms with van der Waals surface area (Å²) in [4.78, 5) is 30.5. The molecule has 0 aromatic heterocycles. The minimum Gasteiger partial charge on any atom is -0.799 e. The Morgan fingerprint density at radius 3 is 0.800 bits per heavy atom. The van der Waals surface area contributed by atoms with Crippen molar-refractivity contribution in [3.05, 3.63) is 0 Å². The molecule has 0 aromatic rings. The Hall–Kier alpha value is 1.10. The summed E-state index contributed by atoms with van der Waals surface area (Å²) in [6.07, 6.45) is 1.13. The second kappa shape index (κ2) is 13.7. The molecular weight excluding hydrogens is 336 g/mol. The molecule has 0 heterocycles. The summed E-state index contributed by atoms with van der Waals surface area (Å²) in [7, 11) is -8.70. The van der Waals surface area contributed by atoms with Gasteiger partial charge in [-0.2, -0.15) is 0 Å². The summed E-state index contributed by atoms with van der Waals surface area (Å²) in [6.45, 7) is 9.08. The van der Waals surface area contributed by atoms with Crippen LogP contribution in [0, 0.1) is 0 Å². The standard InChI is InChI=1S/C4H11O2P.2C3H9O2P.Al/c1-3-7(5,6)4-2;2*1-3-6(2,4)5;/h3-4H2,1-2H3,(H,5,6);2*3H2,1-2H3,(H,4,5);/q;;;+3/p-3. The first-order valence-electron chi connectivity index (χ1n) is 6.08. The van der Waals surface area contributed by atoms with E-state index in [1.165, 1.54) is 13.3 Å². The Morgan fingerprint density at radius 1 is 0.650 bits per heavy atom. The fourth-order valence-electron chi connectivity index (χ4n) is 0.224. The summed E-state index contributed by atoms with van der Waals surface area (Å²) in [5.74, 6) is 0. The third-order valence-corrected chi connectivity index (χ3v) is 6.34. The molecule has 10 heteroatoms. The maximum absolute atomic E-state index is 10.4. The van der Waals surface area contributed by atoms with Crippen LogP contribution in [0.4, 0.5) is 0 Å². The molecular formula is C10H26AlO6P3. The second-order valence-corrected chi connectivity index (χ2v) is 12.3. The Bertz CT molecular complexity index is 319. The molecule has 6 nitrogen and oxygen atoms in total. The molecule has 0 saturated heterocycles. The van der Waals surface area contributed by atoms with Crippen LogP contribution in [-0.4, -0.2) is 55.3 Å². The monoisotopic (exact) mass is 362 g/mol. The third-order valence-electron chi connectivity index (χ3n) is 2.11. The largest absolute Gasteiger partial charge is 3.00 e. The van der Waals surface area contributed by atoms with Gasteiger partial charge in [-0.25, -0.2) is 0 Å². The Balaban J connectivity index is -0.0000000941. The van der Waals surface area contributed by atoms with E-state index in [1.54, 1.807) is 27.7 Å². The van der Waals surface area contributed by atoms with Crippen LogP contribution in [0.3, 0.4) is 0 Å². The van der Waals surface area contributed by atoms with E-state index < -0.39 is 22.1 Å². The molecule has 20 heavy (non-hydrogen) atoms. The van der Waals surface area contributed by atoms with E-state index in [0.717, 1.165) is 0 Å². The van der Waals surface area contributed by atoms with E-state index in [9.17, 15) is 28.4 Å². The zero-order valence-corrected chi connectivity index (χ0v) is 17.0. The molecule has 0 aliphatic carbocycles. The minimum absolute atomic E-state index is 0. The molecule has 0 saturated carbocycles. The molecule has 0 fully saturated rings. The van der Waals surface area contributed by atoms with Crippen LogP contribution >= 0.6 is 22.1 Å². The average molecular weight is 362 g/mol. The summed E-state index contributed by atoms with van der Waals surface area (Å²) < 4.78 is 30.5. The van der Waals surface area contributed by atoms with Gasteiger partial charge in [0, 0.05) is 22.1 Å². The van der Waals surface area contributed by atoms with Crippen molar-refractivity contribution in [3.8, 4) is 0 Å². The molecule has 0 rings (SSSR count). The number of hydrogen-bond donors (Lipinski definition) is 0. The first-order chi connectivity index (χ1) is 8.24. The first kappa shape index (κ1) is 29.2. The zero-order valence-electron chi connectivity index (χ0n) is 13.2. The molecule has 0 aliphatic heterocycles. The Kier molecular flexibility index (Phi) is 20.0. The van der Waals surface area contributed by atoms with Crippen molar-refractivity contribution in [2.24, 2.45) is 0 Å². The maximum atomic E-state index is 10.4. The van der Waals surface area contributed by atoms with Crippen LogP contribution in [0.5, 0.6) is 0 Å². The van der Waals surface area contributed by atoms with Gasteiger partial charge < -0.3 is 28.4 Å². The maximum Gasteiger partial charge on any atom is 3.00 e. The van der Waals surface area contributed by atoms with E-state index in [4.69, 9.17) is 0 Å². The topological polar surface area (TPSA) is 120 Å². The van der Waals surface area contributed by atoms with Crippen LogP contribution in [0.15, 0.2) is 0 Å². The average Bonchev–Trinajstić information content (AvgIpc) is 2.29. The minimum atomic E-state index is -2.90. The molecule has 0 amide bonds. The van der Waals surface area contributed by atoms with Crippen molar-refractivity contribution < 1.29 is 28.4 Å². The molecule has 0 N–H and O–H groups in total. The van der Waals surface area contributed by atoms with Crippen LogP contribution in [-0.2, 0) is 13.7 Å². The van der Waals surface area contributed by atoms with E-state index in [1.807, 2.05) is 0 Å². The van der Waals surface area contributed by atoms with Crippen molar-refractivity contribution >= 4 is 39.5 Å². The van der Waals surface area contributed by atoms with Gasteiger partial charge in [-0.05, 0) is 38.0 Å². The van der Waals surface area contributed by atoms with Gasteiger partial charge in [0.15, 0.2) is 0 Å². The van der Waals surface area contributed by atoms with Gasteiger partial charge in [-0.3, -0.25) is 0 Å². The van der Waals surface area contributed by atoms with Crippen molar-refractivity contribution in [1.82, 2.24) is 0 Å². The molecule has 0 spiro atoms. The molecule has 0 bridgehead atoms. The molecule has 0 radical (unpaired) electrons. The van der Waals surface area contributed by atoms with Crippen LogP contribution < -0.4 is 14.7 Å². The van der Waals surface area contributed by atoms with Crippen molar-refractivity contribution in [3.63, 3.8) is 0 Å². The predicted octanol–water partition coefficient (Wildman–Crippen LogP) is 0.833. The zero-order chi connectivity index (χ0) is 16.3. The van der Waals surface area contributed by atoms with E-state index >= 15 is 0 Å². The summed E-state index contributed by atoms with van der Waals surface area (Å²) >= 11 is 0. The van der Waals surface area contributed by atoms with Gasteiger partial charge in [0.2, 0.25) is 0 Å². The molecule has 2 atom stereocenters. The second-order valence-electron chi connectivity index (χ2n) is 4.11. The van der Waals surface area contributed by atoms with Gasteiger partial charge in [0.05, 0.1) is 0 Å². The summed E-state index contributed by atoms with van der Waals surface area (Å²) in [5, 5.41) is 0. The molecule has 120 valence electrons. The van der Waals surface area contributed by atoms with Crippen LogP contribution in [0.25, 0.3) is 0 Å². The fraction of sp³-hybridized carbons (Fsp3) is 1.00. The SMILES string of the molecule is CCP(=O)([O-])CC.CCP(C)(=O)[O-].CCP(C)(=O)[O-].[Al+3]. The first-order valence-corrected chi connectivity index (χ1v) is 12.6. The molecule has 0 aliphatic rings. The van der Waals surface area contributed by atoms with Crippen LogP contribution in [0.1, 0.15) is 27.7 Å². The number of hydrogen-bond acceptors (Lipinski definition) is 6. The van der Waals surface area contributed by atoms with Crippen molar-refractivity contribution in [1.29, 1.82) is 0 Å². The van der Waals surface area contributed by atoms with Gasteiger partial charge in [-0.1, -0.05) is 27.7 Å². The van der Waals surface area contributed by atoms with Crippen molar-refractivity contribution in [2.45, 2.75) is 27.7 Å². The third kappa shape index (κ3) is 36.5. The molecule has 2 unspecified atom stereocenters. The van der Waals surface area contributed by atoms with Gasteiger partial charge in [0.25, 0.3) is 0 Å².